The van der Waals surface area contributed by atoms with Gasteiger partial charge in [-0.2, -0.15) is 0 Å². The lowest BCUT2D eigenvalue weighted by Crippen LogP contribution is -2.30. The second-order valence-corrected chi connectivity index (χ2v) is 19.0. The van der Waals surface area contributed by atoms with Gasteiger partial charge in [-0.3, -0.25) is 14.4 Å². The molecule has 0 spiro atoms. The molecular weight excluding hydrogens is 1350 g/mol. The number of carbonyl (C=O) groups is 3. The van der Waals surface area contributed by atoms with Crippen LogP contribution in [0.3, 0.4) is 0 Å². The van der Waals surface area contributed by atoms with Crippen molar-refractivity contribution in [1.29, 1.82) is 0 Å². The summed E-state index contributed by atoms with van der Waals surface area (Å²) in [5.41, 5.74) is 24.4. The lowest BCUT2D eigenvalue weighted by atomic mass is 10.0. The van der Waals surface area contributed by atoms with Gasteiger partial charge in [-0.05, 0) is 260 Å². The van der Waals surface area contributed by atoms with Gasteiger partial charge in [-0.25, -0.2) is 0 Å². The molecule has 4 aromatic carbocycles. The van der Waals surface area contributed by atoms with E-state index in [1.54, 1.807) is 0 Å². The molecule has 53 heavy (non-hydrogen) atoms. The number of hydrogen-bond acceptors (Lipinski definition) is 9. The van der Waals surface area contributed by atoms with E-state index in [4.69, 9.17) is 32.4 Å². The lowest BCUT2D eigenvalue weighted by Gasteiger charge is -2.14. The number of rotatable bonds is 14. The van der Waals surface area contributed by atoms with E-state index in [9.17, 15) is 14.4 Å². The molecule has 0 amide bonds. The van der Waals surface area contributed by atoms with Gasteiger partial charge in [0.15, 0.2) is 11.5 Å². The van der Waals surface area contributed by atoms with Crippen molar-refractivity contribution in [1.82, 2.24) is 0 Å². The van der Waals surface area contributed by atoms with Gasteiger partial charge in [-0.1, -0.05) is 12.1 Å². The molecule has 4 aromatic rings. The fourth-order valence-electron chi connectivity index (χ4n) is 4.29. The Morgan fingerprint density at radius 2 is 0.906 bits per heavy atom. The summed E-state index contributed by atoms with van der Waals surface area (Å²) < 4.78 is 18.3. The minimum Gasteiger partial charge on any atom is -0.455 e. The third-order valence-electron chi connectivity index (χ3n) is 7.35. The Morgan fingerprint density at radius 1 is 0.566 bits per heavy atom. The van der Waals surface area contributed by atoms with E-state index < -0.39 is 12.1 Å². The molecule has 3 atom stereocenters. The van der Waals surface area contributed by atoms with Crippen LogP contribution in [0.15, 0.2) is 72.8 Å². The zero-order chi connectivity index (χ0) is 39.8. The molecular formula is C38H42I6N4O5. The van der Waals surface area contributed by atoms with Crippen LogP contribution in [0.4, 0.5) is 0 Å². The summed E-state index contributed by atoms with van der Waals surface area (Å²) in [4.78, 5) is 33.1. The molecule has 0 saturated carbocycles. The molecule has 0 saturated heterocycles. The highest BCUT2D eigenvalue weighted by Crippen LogP contribution is 2.35. The Kier molecular flexibility index (Phi) is 23.2. The SMILES string of the molecule is CC(=O)[C@@H](N)CCCN.CC(=O)[C@@H](N)Cc1cc(I)c(Oc2cccc(I)c2)c(I)c1.CC(=O)[C@H](N)Cc1cc(I)c(Oc2cccc(I)c2)c(I)c1. The highest BCUT2D eigenvalue weighted by molar-refractivity contribution is 14.1. The number of ketones is 3. The number of benzene rings is 4. The Hall–Kier alpha value is -0.290. The number of hydrogen-bond donors (Lipinski definition) is 4. The predicted octanol–water partition coefficient (Wildman–Crippen LogP) is 9.14. The van der Waals surface area contributed by atoms with Crippen LogP contribution in [0.1, 0.15) is 44.7 Å². The monoisotopic (exact) mass is 1400 g/mol. The smallest absolute Gasteiger partial charge is 0.154 e. The molecule has 0 aliphatic rings. The molecule has 0 heterocycles. The van der Waals surface area contributed by atoms with Crippen molar-refractivity contribution in [2.24, 2.45) is 22.9 Å². The van der Waals surface area contributed by atoms with E-state index in [1.807, 2.05) is 72.8 Å². The minimum atomic E-state index is -0.450. The van der Waals surface area contributed by atoms with E-state index in [2.05, 4.69) is 136 Å². The summed E-state index contributed by atoms with van der Waals surface area (Å²) in [5, 5.41) is 0. The van der Waals surface area contributed by atoms with Crippen molar-refractivity contribution >= 4 is 153 Å². The van der Waals surface area contributed by atoms with E-state index in [0.29, 0.717) is 25.8 Å². The van der Waals surface area contributed by atoms with Crippen LogP contribution in [0.25, 0.3) is 0 Å². The normalized spacial score (nSPS) is 12.2. The van der Waals surface area contributed by atoms with Crippen LogP contribution < -0.4 is 32.4 Å². The van der Waals surface area contributed by atoms with Gasteiger partial charge in [0.2, 0.25) is 0 Å². The first kappa shape index (κ1) is 48.9. The van der Waals surface area contributed by atoms with Gasteiger partial charge < -0.3 is 32.4 Å². The van der Waals surface area contributed by atoms with E-state index in [0.717, 1.165) is 62.0 Å². The van der Waals surface area contributed by atoms with Crippen molar-refractivity contribution in [2.45, 2.75) is 64.6 Å². The Labute approximate surface area is 393 Å². The molecule has 9 nitrogen and oxygen atoms in total. The predicted molar refractivity (Wildman–Crippen MR) is 264 cm³/mol. The van der Waals surface area contributed by atoms with Gasteiger partial charge in [0.05, 0.1) is 32.4 Å². The maximum atomic E-state index is 11.3. The van der Waals surface area contributed by atoms with Crippen molar-refractivity contribution in [3.8, 4) is 23.0 Å². The van der Waals surface area contributed by atoms with Gasteiger partial charge >= 0.3 is 0 Å². The number of ether oxygens (including phenoxy) is 2. The average molecular weight is 1400 g/mol. The third kappa shape index (κ3) is 18.2. The Morgan fingerprint density at radius 3 is 1.19 bits per heavy atom. The third-order valence-corrected chi connectivity index (χ3v) is 11.9. The summed E-state index contributed by atoms with van der Waals surface area (Å²) in [5.74, 6) is 3.36. The van der Waals surface area contributed by atoms with Crippen LogP contribution in [0, 0.1) is 21.4 Å². The zero-order valence-electron chi connectivity index (χ0n) is 29.3. The molecule has 0 aliphatic carbocycles. The number of halogens is 6. The first-order chi connectivity index (χ1) is 24.9. The first-order valence-corrected chi connectivity index (χ1v) is 22.7. The summed E-state index contributed by atoms with van der Waals surface area (Å²) in [7, 11) is 0. The largest absolute Gasteiger partial charge is 0.455 e. The molecule has 0 aromatic heterocycles. The van der Waals surface area contributed by atoms with Gasteiger partial charge in [0.25, 0.3) is 0 Å². The molecule has 0 bridgehead atoms. The fraction of sp³-hybridized carbons (Fsp3) is 0.289. The molecule has 0 radical (unpaired) electrons. The quantitative estimate of drug-likeness (QED) is 0.0899. The van der Waals surface area contributed by atoms with Crippen LogP contribution >= 0.6 is 136 Å². The first-order valence-electron chi connectivity index (χ1n) is 16.2. The number of Topliss-reactive ketones (excluding diaryl/α,β-unsaturated/α-hetero) is 3. The maximum absolute atomic E-state index is 11.3. The molecule has 8 N–H and O–H groups in total. The van der Waals surface area contributed by atoms with E-state index >= 15 is 0 Å². The summed E-state index contributed by atoms with van der Waals surface area (Å²) >= 11 is 13.5. The van der Waals surface area contributed by atoms with Gasteiger partial charge in [-0.15, -0.1) is 0 Å². The standard InChI is InChI=1S/2C16H14I3NO2.C6H14N2O/c2*1-9(21)15(20)7-10-5-13(18)16(14(19)6-10)22-12-4-2-3-11(17)8-12;1-5(9)6(8)3-2-4-7/h2*2-6,8,15H,7,20H2,1H3;6H,2-4,7-8H2,1H3/t2*15-;6-/m100/s1. The second-order valence-electron chi connectivity index (χ2n) is 11.9. The van der Waals surface area contributed by atoms with Crippen molar-refractivity contribution in [3.63, 3.8) is 0 Å². The van der Waals surface area contributed by atoms with Crippen LogP contribution in [-0.4, -0.2) is 42.0 Å². The van der Waals surface area contributed by atoms with Crippen LogP contribution in [-0.2, 0) is 27.2 Å². The molecule has 4 rings (SSSR count). The molecule has 0 aliphatic heterocycles. The van der Waals surface area contributed by atoms with Crippen molar-refractivity contribution < 1.29 is 23.9 Å². The average Bonchev–Trinajstić information content (AvgIpc) is 3.07. The minimum absolute atomic E-state index is 0.00389. The number of carbonyl (C=O) groups excluding carboxylic acids is 3. The Balaban J connectivity index is 0.000000300. The van der Waals surface area contributed by atoms with Gasteiger partial charge in [0, 0.05) is 7.14 Å². The van der Waals surface area contributed by atoms with Crippen molar-refractivity contribution in [3.05, 3.63) is 105 Å². The van der Waals surface area contributed by atoms with Gasteiger partial charge in [0.1, 0.15) is 28.8 Å². The van der Waals surface area contributed by atoms with Crippen molar-refractivity contribution in [2.75, 3.05) is 6.54 Å². The summed E-state index contributed by atoms with van der Waals surface area (Å²) in [6.45, 7) is 5.16. The van der Waals surface area contributed by atoms with E-state index in [1.165, 1.54) is 20.8 Å². The summed E-state index contributed by atoms with van der Waals surface area (Å²) in [6.07, 6.45) is 2.64. The fourth-order valence-corrected chi connectivity index (χ4v) is 9.55. The highest BCUT2D eigenvalue weighted by Gasteiger charge is 2.16. The highest BCUT2D eigenvalue weighted by atomic mass is 127. The topological polar surface area (TPSA) is 174 Å². The molecule has 15 heteroatoms. The molecule has 0 unspecified atom stereocenters. The zero-order valence-corrected chi connectivity index (χ0v) is 42.3. The lowest BCUT2D eigenvalue weighted by molar-refractivity contribution is -0.119. The molecule has 286 valence electrons. The van der Waals surface area contributed by atoms with Crippen LogP contribution in [0.5, 0.6) is 23.0 Å². The number of nitrogens with two attached hydrogens (primary N) is 4. The van der Waals surface area contributed by atoms with Crippen LogP contribution in [0.2, 0.25) is 0 Å². The Bertz CT molecular complexity index is 1690. The maximum Gasteiger partial charge on any atom is 0.154 e. The molecule has 0 fully saturated rings. The second kappa shape index (κ2) is 25.2. The summed E-state index contributed by atoms with van der Waals surface area (Å²) in [6, 6.07) is 22.7. The van der Waals surface area contributed by atoms with E-state index in [-0.39, 0.29) is 23.4 Å².